The average Bonchev–Trinajstić information content (AvgIpc) is 2.91. The lowest BCUT2D eigenvalue weighted by Crippen LogP contribution is -2.23. The van der Waals surface area contributed by atoms with E-state index < -0.39 is 9.84 Å². The molecule has 2 heterocycles. The third-order valence-corrected chi connectivity index (χ3v) is 6.20. The van der Waals surface area contributed by atoms with E-state index in [2.05, 4.69) is 4.98 Å². The quantitative estimate of drug-likeness (QED) is 0.817. The fourth-order valence-electron chi connectivity index (χ4n) is 2.70. The van der Waals surface area contributed by atoms with Crippen LogP contribution in [-0.2, 0) is 22.3 Å². The molecule has 0 spiro atoms. The zero-order valence-electron chi connectivity index (χ0n) is 10.4. The van der Waals surface area contributed by atoms with Crippen molar-refractivity contribution in [2.45, 2.75) is 30.5 Å². The van der Waals surface area contributed by atoms with Crippen LogP contribution in [0.5, 0.6) is 0 Å². The summed E-state index contributed by atoms with van der Waals surface area (Å²) >= 11 is 5.93. The van der Waals surface area contributed by atoms with Gasteiger partial charge in [-0.3, -0.25) is 0 Å². The highest BCUT2D eigenvalue weighted by molar-refractivity contribution is 7.92. The molecule has 3 rings (SSSR count). The van der Waals surface area contributed by atoms with E-state index in [1.165, 1.54) is 0 Å². The number of aromatic nitrogens is 2. The van der Waals surface area contributed by atoms with Crippen LogP contribution in [0.1, 0.15) is 18.7 Å². The fourth-order valence-corrected chi connectivity index (χ4v) is 4.71. The van der Waals surface area contributed by atoms with Gasteiger partial charge in [-0.25, -0.2) is 13.4 Å². The normalized spacial score (nSPS) is 22.1. The maximum absolute atomic E-state index is 12.0. The lowest BCUT2D eigenvalue weighted by molar-refractivity contribution is 0.565. The fraction of sp³-hybridized carbons (Fsp3) is 0.462. The molecule has 1 aliphatic heterocycles. The van der Waals surface area contributed by atoms with Gasteiger partial charge in [-0.05, 0) is 25.0 Å². The highest BCUT2D eigenvalue weighted by Crippen LogP contribution is 2.25. The van der Waals surface area contributed by atoms with Gasteiger partial charge in [-0.1, -0.05) is 12.1 Å². The van der Waals surface area contributed by atoms with Gasteiger partial charge in [-0.15, -0.1) is 11.6 Å². The van der Waals surface area contributed by atoms with Crippen molar-refractivity contribution in [1.29, 1.82) is 0 Å². The first-order chi connectivity index (χ1) is 9.12. The number of nitrogens with zero attached hydrogens (tertiary/aromatic N) is 2. The zero-order chi connectivity index (χ0) is 13.5. The molecule has 1 aromatic carbocycles. The van der Waals surface area contributed by atoms with E-state index in [1.807, 2.05) is 28.8 Å². The van der Waals surface area contributed by atoms with Crippen molar-refractivity contribution >= 4 is 32.5 Å². The molecule has 1 unspecified atom stereocenters. The summed E-state index contributed by atoms with van der Waals surface area (Å²) in [6.07, 6.45) is 1.49. The predicted molar refractivity (Wildman–Crippen MR) is 76.1 cm³/mol. The van der Waals surface area contributed by atoms with Gasteiger partial charge in [0.15, 0.2) is 9.84 Å². The van der Waals surface area contributed by atoms with E-state index in [0.29, 0.717) is 18.2 Å². The summed E-state index contributed by atoms with van der Waals surface area (Å²) in [6, 6.07) is 7.73. The molecule has 1 aliphatic rings. The second-order valence-corrected chi connectivity index (χ2v) is 7.56. The van der Waals surface area contributed by atoms with Gasteiger partial charge < -0.3 is 4.57 Å². The second-order valence-electron chi connectivity index (χ2n) is 4.89. The summed E-state index contributed by atoms with van der Waals surface area (Å²) in [5.41, 5.74) is 1.83. The Hall–Kier alpha value is -1.07. The number of alkyl halides is 1. The van der Waals surface area contributed by atoms with Gasteiger partial charge in [0.25, 0.3) is 0 Å². The van der Waals surface area contributed by atoms with Crippen LogP contribution in [0.2, 0.25) is 0 Å². The number of benzene rings is 1. The molecule has 0 amide bonds. The maximum atomic E-state index is 12.0. The number of halogens is 1. The van der Waals surface area contributed by atoms with E-state index in [-0.39, 0.29) is 5.25 Å². The Morgan fingerprint density at radius 3 is 2.84 bits per heavy atom. The molecule has 0 aliphatic carbocycles. The maximum Gasteiger partial charge on any atom is 0.154 e. The van der Waals surface area contributed by atoms with Crippen molar-refractivity contribution in [3.63, 3.8) is 0 Å². The van der Waals surface area contributed by atoms with Crippen LogP contribution >= 0.6 is 11.6 Å². The standard InChI is InChI=1S/C13H15ClN2O2S/c14-8-13-15-11-5-1-2-6-12(11)16(13)9-10-4-3-7-19(10,17)18/h1-2,5-6,10H,3-4,7-9H2. The van der Waals surface area contributed by atoms with Crippen molar-refractivity contribution in [3.05, 3.63) is 30.1 Å². The molecule has 0 bridgehead atoms. The number of sulfone groups is 1. The third kappa shape index (κ3) is 2.25. The number of para-hydroxylation sites is 2. The molecular formula is C13H15ClN2O2S. The number of rotatable bonds is 3. The lowest BCUT2D eigenvalue weighted by atomic mass is 10.2. The molecule has 102 valence electrons. The summed E-state index contributed by atoms with van der Waals surface area (Å²) in [6.45, 7) is 0.463. The Morgan fingerprint density at radius 2 is 2.16 bits per heavy atom. The molecule has 1 atom stereocenters. The minimum Gasteiger partial charge on any atom is -0.326 e. The Labute approximate surface area is 117 Å². The molecule has 1 aromatic heterocycles. The molecule has 2 aromatic rings. The van der Waals surface area contributed by atoms with Crippen molar-refractivity contribution in [2.24, 2.45) is 0 Å². The summed E-state index contributed by atoms with van der Waals surface area (Å²) in [4.78, 5) is 4.46. The minimum absolute atomic E-state index is 0.293. The van der Waals surface area contributed by atoms with Gasteiger partial charge in [0.05, 0.1) is 27.9 Å². The highest BCUT2D eigenvalue weighted by atomic mass is 35.5. The second kappa shape index (κ2) is 4.80. The van der Waals surface area contributed by atoms with E-state index in [9.17, 15) is 8.42 Å². The van der Waals surface area contributed by atoms with Crippen LogP contribution < -0.4 is 0 Å². The van der Waals surface area contributed by atoms with Crippen molar-refractivity contribution in [3.8, 4) is 0 Å². The summed E-state index contributed by atoms with van der Waals surface area (Å²) in [5.74, 6) is 1.34. The Kier molecular flexibility index (Phi) is 3.27. The third-order valence-electron chi connectivity index (χ3n) is 3.70. The van der Waals surface area contributed by atoms with Gasteiger partial charge in [0, 0.05) is 6.54 Å². The zero-order valence-corrected chi connectivity index (χ0v) is 12.0. The molecule has 4 nitrogen and oxygen atoms in total. The molecular weight excluding hydrogens is 284 g/mol. The largest absolute Gasteiger partial charge is 0.326 e. The number of fused-ring (bicyclic) bond motifs is 1. The molecule has 19 heavy (non-hydrogen) atoms. The monoisotopic (exact) mass is 298 g/mol. The molecule has 0 radical (unpaired) electrons. The highest BCUT2D eigenvalue weighted by Gasteiger charge is 2.32. The summed E-state index contributed by atoms with van der Waals surface area (Å²) in [5, 5.41) is -0.299. The molecule has 0 saturated carbocycles. The van der Waals surface area contributed by atoms with Crippen LogP contribution in [0.4, 0.5) is 0 Å². The molecule has 1 fully saturated rings. The van der Waals surface area contributed by atoms with Crippen LogP contribution in [0.15, 0.2) is 24.3 Å². The van der Waals surface area contributed by atoms with Gasteiger partial charge in [0.1, 0.15) is 5.82 Å². The Morgan fingerprint density at radius 1 is 1.37 bits per heavy atom. The first kappa shape index (κ1) is 12.9. The van der Waals surface area contributed by atoms with Crippen LogP contribution in [-0.4, -0.2) is 29.0 Å². The Bertz CT molecular complexity index is 709. The first-order valence-electron chi connectivity index (χ1n) is 6.33. The number of hydrogen-bond donors (Lipinski definition) is 0. The Balaban J connectivity index is 2.04. The van der Waals surface area contributed by atoms with E-state index in [4.69, 9.17) is 11.6 Å². The smallest absolute Gasteiger partial charge is 0.154 e. The van der Waals surface area contributed by atoms with Gasteiger partial charge >= 0.3 is 0 Å². The summed E-state index contributed by atoms with van der Waals surface area (Å²) < 4.78 is 25.9. The number of hydrogen-bond acceptors (Lipinski definition) is 3. The number of imidazole rings is 1. The predicted octanol–water partition coefficient (Wildman–Crippen LogP) is 2.35. The average molecular weight is 299 g/mol. The van der Waals surface area contributed by atoms with Gasteiger partial charge in [-0.2, -0.15) is 0 Å². The van der Waals surface area contributed by atoms with Crippen molar-refractivity contribution in [2.75, 3.05) is 5.75 Å². The van der Waals surface area contributed by atoms with Gasteiger partial charge in [0.2, 0.25) is 0 Å². The minimum atomic E-state index is -2.95. The van der Waals surface area contributed by atoms with E-state index in [1.54, 1.807) is 0 Å². The van der Waals surface area contributed by atoms with E-state index in [0.717, 1.165) is 29.7 Å². The van der Waals surface area contributed by atoms with Crippen LogP contribution in [0.3, 0.4) is 0 Å². The van der Waals surface area contributed by atoms with Crippen molar-refractivity contribution < 1.29 is 8.42 Å². The van der Waals surface area contributed by atoms with E-state index >= 15 is 0 Å². The summed E-state index contributed by atoms with van der Waals surface area (Å²) in [7, 11) is -2.95. The SMILES string of the molecule is O=S1(=O)CCCC1Cn1c(CCl)nc2ccccc21. The van der Waals surface area contributed by atoms with Crippen molar-refractivity contribution in [1.82, 2.24) is 9.55 Å². The molecule has 6 heteroatoms. The van der Waals surface area contributed by atoms with Crippen LogP contribution in [0, 0.1) is 0 Å². The molecule has 1 saturated heterocycles. The topological polar surface area (TPSA) is 52.0 Å². The van der Waals surface area contributed by atoms with Crippen LogP contribution in [0.25, 0.3) is 11.0 Å². The lowest BCUT2D eigenvalue weighted by Gasteiger charge is -2.13. The first-order valence-corrected chi connectivity index (χ1v) is 8.58. The molecule has 0 N–H and O–H groups in total.